The lowest BCUT2D eigenvalue weighted by atomic mass is 9.75. The number of ether oxygens (including phenoxy) is 1. The lowest BCUT2D eigenvalue weighted by Gasteiger charge is -2.36. The number of nitrogens with zero attached hydrogens (tertiary/aromatic N) is 1. The first-order chi connectivity index (χ1) is 14.5. The standard InChI is InChI=1S/C27H45NO3/c1-17(2)23-11-9-20(7)15-26(23)31-27(30)22-10-12-25(29)24(16-22)21(8)13-14-28(18(3)4)19(5)6/h10,12,16-21,23,26,29H,9,11,13-15H2,1-8H3. The van der Waals surface area contributed by atoms with Crippen molar-refractivity contribution in [3.63, 3.8) is 0 Å². The van der Waals surface area contributed by atoms with Gasteiger partial charge in [0.05, 0.1) is 5.56 Å². The highest BCUT2D eigenvalue weighted by atomic mass is 16.5. The van der Waals surface area contributed by atoms with Crippen molar-refractivity contribution < 1.29 is 14.6 Å². The molecule has 1 fully saturated rings. The molecule has 4 heteroatoms. The van der Waals surface area contributed by atoms with Gasteiger partial charge in [0.25, 0.3) is 0 Å². The van der Waals surface area contributed by atoms with Crippen molar-refractivity contribution in [2.45, 2.75) is 105 Å². The van der Waals surface area contributed by atoms with Gasteiger partial charge in [0, 0.05) is 12.1 Å². The van der Waals surface area contributed by atoms with Crippen molar-refractivity contribution in [1.82, 2.24) is 4.90 Å². The molecule has 0 radical (unpaired) electrons. The van der Waals surface area contributed by atoms with Crippen LogP contribution in [0.3, 0.4) is 0 Å². The second kappa shape index (κ2) is 11.4. The van der Waals surface area contributed by atoms with E-state index in [1.54, 1.807) is 12.1 Å². The predicted octanol–water partition coefficient (Wildman–Crippen LogP) is 6.62. The maximum absolute atomic E-state index is 13.0. The largest absolute Gasteiger partial charge is 0.508 e. The number of carbonyl (C=O) groups is 1. The van der Waals surface area contributed by atoms with Crippen LogP contribution in [0.25, 0.3) is 0 Å². The van der Waals surface area contributed by atoms with Crippen molar-refractivity contribution in [1.29, 1.82) is 0 Å². The van der Waals surface area contributed by atoms with Gasteiger partial charge in [-0.3, -0.25) is 4.90 Å². The summed E-state index contributed by atoms with van der Waals surface area (Å²) in [5.74, 6) is 1.68. The van der Waals surface area contributed by atoms with Crippen LogP contribution < -0.4 is 0 Å². The van der Waals surface area contributed by atoms with E-state index in [0.29, 0.717) is 35.4 Å². The van der Waals surface area contributed by atoms with E-state index in [1.807, 2.05) is 6.07 Å². The fourth-order valence-corrected chi connectivity index (χ4v) is 5.14. The molecule has 1 aromatic carbocycles. The van der Waals surface area contributed by atoms with Gasteiger partial charge in [-0.1, -0.05) is 34.1 Å². The molecule has 1 saturated carbocycles. The number of rotatable bonds is 9. The monoisotopic (exact) mass is 431 g/mol. The van der Waals surface area contributed by atoms with Crippen LogP contribution in [0, 0.1) is 17.8 Å². The number of phenols is 1. The molecule has 1 aliphatic carbocycles. The first-order valence-electron chi connectivity index (χ1n) is 12.3. The van der Waals surface area contributed by atoms with E-state index >= 15 is 0 Å². The Balaban J connectivity index is 2.11. The first kappa shape index (κ1) is 25.7. The summed E-state index contributed by atoms with van der Waals surface area (Å²) < 4.78 is 6.03. The number of carbonyl (C=O) groups excluding carboxylic acids is 1. The third-order valence-electron chi connectivity index (χ3n) is 7.16. The topological polar surface area (TPSA) is 49.8 Å². The molecule has 0 amide bonds. The van der Waals surface area contributed by atoms with Crippen LogP contribution in [0.15, 0.2) is 18.2 Å². The maximum atomic E-state index is 13.0. The zero-order valence-electron chi connectivity index (χ0n) is 21.0. The van der Waals surface area contributed by atoms with Gasteiger partial charge in [0.15, 0.2) is 0 Å². The van der Waals surface area contributed by atoms with Crippen molar-refractivity contribution in [2.75, 3.05) is 6.54 Å². The van der Waals surface area contributed by atoms with Gasteiger partial charge >= 0.3 is 5.97 Å². The number of hydrogen-bond acceptors (Lipinski definition) is 4. The summed E-state index contributed by atoms with van der Waals surface area (Å²) in [7, 11) is 0. The Hall–Kier alpha value is -1.55. The average Bonchev–Trinajstić information content (AvgIpc) is 2.67. The Morgan fingerprint density at radius 1 is 1.10 bits per heavy atom. The molecule has 176 valence electrons. The molecule has 1 aliphatic rings. The van der Waals surface area contributed by atoms with Crippen molar-refractivity contribution >= 4 is 5.97 Å². The molecule has 0 spiro atoms. The smallest absolute Gasteiger partial charge is 0.338 e. The molecular formula is C27H45NO3. The van der Waals surface area contributed by atoms with E-state index < -0.39 is 0 Å². The van der Waals surface area contributed by atoms with Crippen molar-refractivity contribution in [3.8, 4) is 5.75 Å². The average molecular weight is 432 g/mol. The van der Waals surface area contributed by atoms with E-state index in [4.69, 9.17) is 4.74 Å². The van der Waals surface area contributed by atoms with Gasteiger partial charge in [-0.25, -0.2) is 4.79 Å². The molecule has 0 saturated heterocycles. The van der Waals surface area contributed by atoms with Crippen LogP contribution in [0.2, 0.25) is 0 Å². The van der Waals surface area contributed by atoms with Crippen molar-refractivity contribution in [3.05, 3.63) is 29.3 Å². The Bertz CT molecular complexity index is 704. The maximum Gasteiger partial charge on any atom is 0.338 e. The minimum absolute atomic E-state index is 0.0171. The predicted molar refractivity (Wildman–Crippen MR) is 129 cm³/mol. The molecule has 0 aliphatic heterocycles. The minimum atomic E-state index is -0.260. The third kappa shape index (κ3) is 6.97. The summed E-state index contributed by atoms with van der Waals surface area (Å²) in [6, 6.07) is 6.14. The lowest BCUT2D eigenvalue weighted by Crippen LogP contribution is -2.38. The normalized spacial score (nSPS) is 23.0. The zero-order chi connectivity index (χ0) is 23.3. The summed E-state index contributed by atoms with van der Waals surface area (Å²) in [5.41, 5.74) is 1.38. The minimum Gasteiger partial charge on any atom is -0.508 e. The molecule has 0 bridgehead atoms. The lowest BCUT2D eigenvalue weighted by molar-refractivity contribution is -0.0174. The van der Waals surface area contributed by atoms with E-state index in [-0.39, 0.29) is 23.7 Å². The highest BCUT2D eigenvalue weighted by Gasteiger charge is 2.33. The van der Waals surface area contributed by atoms with Crippen molar-refractivity contribution in [2.24, 2.45) is 17.8 Å². The molecular weight excluding hydrogens is 386 g/mol. The second-order valence-electron chi connectivity index (χ2n) is 10.7. The van der Waals surface area contributed by atoms with Crippen LogP contribution in [-0.2, 0) is 4.74 Å². The Kier molecular flexibility index (Phi) is 9.42. The summed E-state index contributed by atoms with van der Waals surface area (Å²) in [5, 5.41) is 10.5. The van der Waals surface area contributed by atoms with E-state index in [0.717, 1.165) is 31.4 Å². The number of esters is 1. The van der Waals surface area contributed by atoms with Crippen LogP contribution in [0.1, 0.15) is 103 Å². The fraction of sp³-hybridized carbons (Fsp3) is 0.741. The van der Waals surface area contributed by atoms with Gasteiger partial charge in [-0.15, -0.1) is 0 Å². The SMILES string of the molecule is CC1CCC(C(C)C)C(OC(=O)c2ccc(O)c(C(C)CCN(C(C)C)C(C)C)c2)C1. The van der Waals surface area contributed by atoms with Gasteiger partial charge < -0.3 is 9.84 Å². The third-order valence-corrected chi connectivity index (χ3v) is 7.16. The number of benzene rings is 1. The molecule has 4 atom stereocenters. The Morgan fingerprint density at radius 2 is 1.74 bits per heavy atom. The highest BCUT2D eigenvalue weighted by molar-refractivity contribution is 5.90. The first-order valence-corrected chi connectivity index (χ1v) is 12.3. The summed E-state index contributed by atoms with van der Waals surface area (Å²) in [4.78, 5) is 15.5. The molecule has 1 aromatic rings. The van der Waals surface area contributed by atoms with Gasteiger partial charge in [0.1, 0.15) is 11.9 Å². The Morgan fingerprint density at radius 3 is 2.32 bits per heavy atom. The number of hydrogen-bond donors (Lipinski definition) is 1. The quantitative estimate of drug-likeness (QED) is 0.446. The summed E-state index contributed by atoms with van der Waals surface area (Å²) in [6.45, 7) is 18.6. The van der Waals surface area contributed by atoms with Gasteiger partial charge in [-0.05, 0) is 101 Å². The van der Waals surface area contributed by atoms with Crippen LogP contribution in [0.5, 0.6) is 5.75 Å². The van der Waals surface area contributed by atoms with Crippen LogP contribution in [0.4, 0.5) is 0 Å². The van der Waals surface area contributed by atoms with Gasteiger partial charge in [0.2, 0.25) is 0 Å². The molecule has 0 aromatic heterocycles. The number of aromatic hydroxyl groups is 1. The van der Waals surface area contributed by atoms with Crippen LogP contribution in [-0.4, -0.2) is 40.7 Å². The van der Waals surface area contributed by atoms with E-state index in [1.165, 1.54) is 6.42 Å². The second-order valence-corrected chi connectivity index (χ2v) is 10.7. The van der Waals surface area contributed by atoms with Gasteiger partial charge in [-0.2, -0.15) is 0 Å². The fourth-order valence-electron chi connectivity index (χ4n) is 5.14. The molecule has 0 heterocycles. The molecule has 1 N–H and O–H groups in total. The number of phenolic OH excluding ortho intramolecular Hbond substituents is 1. The van der Waals surface area contributed by atoms with E-state index in [2.05, 4.69) is 60.3 Å². The zero-order valence-corrected chi connectivity index (χ0v) is 21.0. The molecule has 4 nitrogen and oxygen atoms in total. The highest BCUT2D eigenvalue weighted by Crippen LogP contribution is 2.36. The molecule has 4 unspecified atom stereocenters. The van der Waals surface area contributed by atoms with Crippen LogP contribution >= 0.6 is 0 Å². The Labute approximate surface area is 190 Å². The van der Waals surface area contributed by atoms with E-state index in [9.17, 15) is 9.90 Å². The molecule has 31 heavy (non-hydrogen) atoms. The summed E-state index contributed by atoms with van der Waals surface area (Å²) in [6.07, 6.45) is 4.18. The molecule has 2 rings (SSSR count). The summed E-state index contributed by atoms with van der Waals surface area (Å²) >= 11 is 0.